The summed E-state index contributed by atoms with van der Waals surface area (Å²) in [5.41, 5.74) is 2.31. The molecule has 0 amide bonds. The lowest BCUT2D eigenvalue weighted by atomic mass is 9.90. The van der Waals surface area contributed by atoms with E-state index in [2.05, 4.69) is 52.9 Å². The third-order valence-electron chi connectivity index (χ3n) is 4.35. The Kier molecular flexibility index (Phi) is 4.44. The fraction of sp³-hybridized carbons (Fsp3) is 0.588. The highest BCUT2D eigenvalue weighted by atomic mass is 15.1. The highest BCUT2D eigenvalue weighted by molar-refractivity contribution is 5.81. The molecule has 4 nitrogen and oxygen atoms in total. The summed E-state index contributed by atoms with van der Waals surface area (Å²) in [6.07, 6.45) is 6.93. The van der Waals surface area contributed by atoms with Crippen LogP contribution in [0.15, 0.2) is 24.4 Å². The summed E-state index contributed by atoms with van der Waals surface area (Å²) in [7, 11) is 0. The molecule has 0 spiro atoms. The molecule has 21 heavy (non-hydrogen) atoms. The minimum Gasteiger partial charge on any atom is -0.382 e. The first-order valence-corrected chi connectivity index (χ1v) is 8.14. The van der Waals surface area contributed by atoms with Gasteiger partial charge in [-0.15, -0.1) is 0 Å². The molecule has 1 heterocycles. The third-order valence-corrected chi connectivity index (χ3v) is 4.35. The van der Waals surface area contributed by atoms with E-state index in [4.69, 9.17) is 0 Å². The third kappa shape index (κ3) is 3.76. The van der Waals surface area contributed by atoms with Crippen LogP contribution in [0.1, 0.15) is 39.5 Å². The van der Waals surface area contributed by atoms with Crippen LogP contribution in [-0.4, -0.2) is 28.8 Å². The fourth-order valence-electron chi connectivity index (χ4n) is 3.11. The summed E-state index contributed by atoms with van der Waals surface area (Å²) in [5.74, 6) is 0.738. The maximum Gasteiger partial charge on any atom is 0.0651 e. The maximum absolute atomic E-state index is 4.07. The second-order valence-corrected chi connectivity index (χ2v) is 6.67. The number of nitrogens with one attached hydrogen (secondary N) is 3. The van der Waals surface area contributed by atoms with Crippen molar-refractivity contribution in [2.75, 3.05) is 11.9 Å². The molecule has 1 fully saturated rings. The largest absolute Gasteiger partial charge is 0.382 e. The molecule has 1 saturated carbocycles. The van der Waals surface area contributed by atoms with Crippen molar-refractivity contribution in [3.63, 3.8) is 0 Å². The molecule has 1 aliphatic rings. The second kappa shape index (κ2) is 6.48. The van der Waals surface area contributed by atoms with Gasteiger partial charge in [-0.05, 0) is 56.3 Å². The van der Waals surface area contributed by atoms with Crippen molar-refractivity contribution in [3.8, 4) is 0 Å². The Labute approximate surface area is 126 Å². The molecule has 0 atom stereocenters. The standard InChI is InChI=1S/C17H26N4/c1-12(2)10-18-14-3-5-15(6-4-14)20-16-7-8-17-13(9-16)11-19-21-17/h7-9,11-12,14-15,18,20H,3-6,10H2,1-2H3,(H,19,21). The topological polar surface area (TPSA) is 52.7 Å². The molecule has 0 aliphatic heterocycles. The average molecular weight is 286 g/mol. The summed E-state index contributed by atoms with van der Waals surface area (Å²) < 4.78 is 0. The molecule has 3 N–H and O–H groups in total. The number of hydrogen-bond acceptors (Lipinski definition) is 3. The number of nitrogens with zero attached hydrogens (tertiary/aromatic N) is 1. The number of H-pyrrole nitrogens is 1. The minimum atomic E-state index is 0.603. The highest BCUT2D eigenvalue weighted by Gasteiger charge is 2.20. The van der Waals surface area contributed by atoms with Crippen molar-refractivity contribution in [2.45, 2.75) is 51.6 Å². The van der Waals surface area contributed by atoms with Gasteiger partial charge in [0.2, 0.25) is 0 Å². The first kappa shape index (κ1) is 14.4. The summed E-state index contributed by atoms with van der Waals surface area (Å²) in [5, 5.41) is 15.6. The lowest BCUT2D eigenvalue weighted by Crippen LogP contribution is -2.38. The summed E-state index contributed by atoms with van der Waals surface area (Å²) >= 11 is 0. The van der Waals surface area contributed by atoms with Gasteiger partial charge in [-0.25, -0.2) is 0 Å². The van der Waals surface area contributed by atoms with Gasteiger partial charge in [-0.3, -0.25) is 5.10 Å². The Morgan fingerprint density at radius 3 is 2.71 bits per heavy atom. The molecule has 0 bridgehead atoms. The number of aromatic amines is 1. The van der Waals surface area contributed by atoms with Crippen molar-refractivity contribution in [3.05, 3.63) is 24.4 Å². The Bertz CT molecular complexity index is 567. The Balaban J connectivity index is 1.50. The Morgan fingerprint density at radius 2 is 1.95 bits per heavy atom. The zero-order valence-electron chi connectivity index (χ0n) is 13.0. The van der Waals surface area contributed by atoms with Gasteiger partial charge in [0.1, 0.15) is 0 Å². The molecule has 0 radical (unpaired) electrons. The molecule has 2 aromatic rings. The summed E-state index contributed by atoms with van der Waals surface area (Å²) in [6, 6.07) is 7.74. The van der Waals surface area contributed by atoms with Crippen molar-refractivity contribution < 1.29 is 0 Å². The van der Waals surface area contributed by atoms with Crippen LogP contribution in [0.2, 0.25) is 0 Å². The van der Waals surface area contributed by atoms with E-state index in [0.29, 0.717) is 12.1 Å². The van der Waals surface area contributed by atoms with Crippen LogP contribution >= 0.6 is 0 Å². The van der Waals surface area contributed by atoms with Gasteiger partial charge in [-0.2, -0.15) is 5.10 Å². The van der Waals surface area contributed by atoms with E-state index in [1.165, 1.54) is 36.8 Å². The van der Waals surface area contributed by atoms with Crippen molar-refractivity contribution >= 4 is 16.6 Å². The number of aromatic nitrogens is 2. The van der Waals surface area contributed by atoms with Gasteiger partial charge < -0.3 is 10.6 Å². The molecule has 1 aliphatic carbocycles. The van der Waals surface area contributed by atoms with E-state index < -0.39 is 0 Å². The van der Waals surface area contributed by atoms with E-state index in [1.54, 1.807) is 0 Å². The Hall–Kier alpha value is -1.55. The number of hydrogen-bond donors (Lipinski definition) is 3. The van der Waals surface area contributed by atoms with Crippen LogP contribution in [-0.2, 0) is 0 Å². The van der Waals surface area contributed by atoms with Gasteiger partial charge in [0, 0.05) is 23.2 Å². The molecule has 4 heteroatoms. The highest BCUT2D eigenvalue weighted by Crippen LogP contribution is 2.24. The number of benzene rings is 1. The van der Waals surface area contributed by atoms with Crippen molar-refractivity contribution in [1.29, 1.82) is 0 Å². The summed E-state index contributed by atoms with van der Waals surface area (Å²) in [6.45, 7) is 5.68. The van der Waals surface area contributed by atoms with Gasteiger partial charge in [0.15, 0.2) is 0 Å². The van der Waals surface area contributed by atoms with E-state index in [-0.39, 0.29) is 0 Å². The van der Waals surface area contributed by atoms with E-state index in [1.807, 2.05) is 6.20 Å². The quantitative estimate of drug-likeness (QED) is 0.788. The molecule has 0 unspecified atom stereocenters. The lowest BCUT2D eigenvalue weighted by molar-refractivity contribution is 0.341. The van der Waals surface area contributed by atoms with Crippen LogP contribution in [0.25, 0.3) is 10.9 Å². The number of fused-ring (bicyclic) bond motifs is 1. The predicted octanol–water partition coefficient (Wildman–Crippen LogP) is 3.53. The normalized spacial score (nSPS) is 22.8. The smallest absolute Gasteiger partial charge is 0.0651 e. The van der Waals surface area contributed by atoms with Crippen LogP contribution in [0.5, 0.6) is 0 Å². The van der Waals surface area contributed by atoms with Crippen LogP contribution < -0.4 is 10.6 Å². The molecular formula is C17H26N4. The van der Waals surface area contributed by atoms with Crippen molar-refractivity contribution in [1.82, 2.24) is 15.5 Å². The number of rotatable bonds is 5. The lowest BCUT2D eigenvalue weighted by Gasteiger charge is -2.31. The van der Waals surface area contributed by atoms with E-state index in [9.17, 15) is 0 Å². The zero-order valence-corrected chi connectivity index (χ0v) is 13.0. The SMILES string of the molecule is CC(C)CNC1CCC(Nc2ccc3[nH]ncc3c2)CC1. The van der Waals surface area contributed by atoms with Gasteiger partial charge in [0.05, 0.1) is 11.7 Å². The van der Waals surface area contributed by atoms with E-state index in [0.717, 1.165) is 18.0 Å². The monoisotopic (exact) mass is 286 g/mol. The molecule has 1 aromatic heterocycles. The van der Waals surface area contributed by atoms with Gasteiger partial charge in [-0.1, -0.05) is 13.8 Å². The fourth-order valence-corrected chi connectivity index (χ4v) is 3.11. The van der Waals surface area contributed by atoms with Crippen LogP contribution in [0.3, 0.4) is 0 Å². The first-order valence-electron chi connectivity index (χ1n) is 8.14. The average Bonchev–Trinajstić information content (AvgIpc) is 2.94. The minimum absolute atomic E-state index is 0.603. The predicted molar refractivity (Wildman–Crippen MR) is 88.6 cm³/mol. The molecule has 3 rings (SSSR count). The van der Waals surface area contributed by atoms with Crippen LogP contribution in [0.4, 0.5) is 5.69 Å². The summed E-state index contributed by atoms with van der Waals surface area (Å²) in [4.78, 5) is 0. The molecule has 1 aromatic carbocycles. The zero-order chi connectivity index (χ0) is 14.7. The first-order chi connectivity index (χ1) is 10.2. The Morgan fingerprint density at radius 1 is 1.19 bits per heavy atom. The molecule has 0 saturated heterocycles. The molecular weight excluding hydrogens is 260 g/mol. The van der Waals surface area contributed by atoms with Crippen LogP contribution in [0, 0.1) is 5.92 Å². The maximum atomic E-state index is 4.07. The van der Waals surface area contributed by atoms with E-state index >= 15 is 0 Å². The van der Waals surface area contributed by atoms with Crippen molar-refractivity contribution in [2.24, 2.45) is 5.92 Å². The molecule has 114 valence electrons. The van der Waals surface area contributed by atoms with Gasteiger partial charge in [0.25, 0.3) is 0 Å². The van der Waals surface area contributed by atoms with Gasteiger partial charge >= 0.3 is 0 Å². The second-order valence-electron chi connectivity index (χ2n) is 6.67. The number of anilines is 1.